The molecule has 3 N–H and O–H groups in total. The molecule has 0 aromatic heterocycles. The smallest absolute Gasteiger partial charge is 0.260 e. The fourth-order valence-corrected chi connectivity index (χ4v) is 3.40. The molecule has 1 aliphatic rings. The Morgan fingerprint density at radius 2 is 1.88 bits per heavy atom. The fourth-order valence-electron chi connectivity index (χ4n) is 3.17. The number of hydrogen-bond acceptors (Lipinski definition) is 4. The monoisotopic (exact) mass is 381 g/mol. The highest BCUT2D eigenvalue weighted by atomic mass is 35.5. The van der Waals surface area contributed by atoms with E-state index in [0.717, 1.165) is 19.3 Å². The van der Waals surface area contributed by atoms with Crippen molar-refractivity contribution >= 4 is 29.1 Å². The van der Waals surface area contributed by atoms with Crippen molar-refractivity contribution in [2.45, 2.75) is 51.5 Å². The number of rotatable bonds is 7. The second-order valence-corrected chi connectivity index (χ2v) is 7.08. The first kappa shape index (κ1) is 20.5. The van der Waals surface area contributed by atoms with Crippen LogP contribution in [-0.2, 0) is 9.59 Å². The number of carbonyl (C=O) groups is 2. The largest absolute Gasteiger partial charge is 0.482 e. The van der Waals surface area contributed by atoms with Crippen LogP contribution in [0.5, 0.6) is 5.75 Å². The second kappa shape index (κ2) is 9.24. The standard InChI is InChI=1S/C19H28ClN3O3/c1-3-23(4-2)17(24)13-26-16-9-8-14(12-15(16)20)22-18(25)19(21)10-6-5-7-11-19/h8-9,12H,3-7,10-11,13,21H2,1-2H3,(H,22,25). The van der Waals surface area contributed by atoms with Gasteiger partial charge in [-0.15, -0.1) is 0 Å². The number of halogens is 1. The summed E-state index contributed by atoms with van der Waals surface area (Å²) < 4.78 is 5.52. The summed E-state index contributed by atoms with van der Waals surface area (Å²) in [6, 6.07) is 4.97. The first-order valence-corrected chi connectivity index (χ1v) is 9.58. The van der Waals surface area contributed by atoms with Gasteiger partial charge in [0.05, 0.1) is 10.6 Å². The molecule has 0 radical (unpaired) electrons. The van der Waals surface area contributed by atoms with E-state index < -0.39 is 5.54 Å². The lowest BCUT2D eigenvalue weighted by Crippen LogP contribution is -2.52. The summed E-state index contributed by atoms with van der Waals surface area (Å²) in [6.45, 7) is 5.04. The molecule has 2 rings (SSSR count). The predicted octanol–water partition coefficient (Wildman–Crippen LogP) is 3.19. The van der Waals surface area contributed by atoms with E-state index in [4.69, 9.17) is 22.1 Å². The normalized spacial score (nSPS) is 16.0. The molecule has 2 amide bonds. The van der Waals surface area contributed by atoms with Crippen LogP contribution in [-0.4, -0.2) is 41.9 Å². The van der Waals surface area contributed by atoms with Crippen LogP contribution in [0.1, 0.15) is 46.0 Å². The third-order valence-electron chi connectivity index (χ3n) is 4.86. The molecule has 1 aromatic carbocycles. The molecular weight excluding hydrogens is 354 g/mol. The maximum Gasteiger partial charge on any atom is 0.260 e. The third-order valence-corrected chi connectivity index (χ3v) is 5.15. The van der Waals surface area contributed by atoms with Crippen LogP contribution in [0.15, 0.2) is 18.2 Å². The van der Waals surface area contributed by atoms with Gasteiger partial charge in [0, 0.05) is 18.8 Å². The lowest BCUT2D eigenvalue weighted by atomic mass is 9.82. The summed E-state index contributed by atoms with van der Waals surface area (Å²) in [6.07, 6.45) is 4.45. The number of benzene rings is 1. The molecule has 0 unspecified atom stereocenters. The van der Waals surface area contributed by atoms with Gasteiger partial charge < -0.3 is 20.7 Å². The minimum atomic E-state index is -0.809. The Kier molecular flexibility index (Phi) is 7.29. The van der Waals surface area contributed by atoms with Gasteiger partial charge in [0.25, 0.3) is 5.91 Å². The van der Waals surface area contributed by atoms with Crippen LogP contribution in [0.4, 0.5) is 5.69 Å². The fraction of sp³-hybridized carbons (Fsp3) is 0.579. The van der Waals surface area contributed by atoms with Gasteiger partial charge in [0.2, 0.25) is 5.91 Å². The van der Waals surface area contributed by atoms with Crippen LogP contribution >= 0.6 is 11.6 Å². The van der Waals surface area contributed by atoms with Crippen molar-refractivity contribution in [3.63, 3.8) is 0 Å². The van der Waals surface area contributed by atoms with Crippen molar-refractivity contribution in [2.24, 2.45) is 5.73 Å². The van der Waals surface area contributed by atoms with Gasteiger partial charge in [0.1, 0.15) is 5.75 Å². The SMILES string of the molecule is CCN(CC)C(=O)COc1ccc(NC(=O)C2(N)CCCCC2)cc1Cl. The van der Waals surface area contributed by atoms with E-state index in [0.29, 0.717) is 42.4 Å². The first-order valence-electron chi connectivity index (χ1n) is 9.20. The minimum absolute atomic E-state index is 0.0704. The number of nitrogens with zero attached hydrogens (tertiary/aromatic N) is 1. The van der Waals surface area contributed by atoms with E-state index in [9.17, 15) is 9.59 Å². The van der Waals surface area contributed by atoms with E-state index in [2.05, 4.69) is 5.32 Å². The summed E-state index contributed by atoms with van der Waals surface area (Å²) in [5, 5.41) is 3.18. The molecule has 0 bridgehead atoms. The molecular formula is C19H28ClN3O3. The number of ether oxygens (including phenoxy) is 1. The summed E-state index contributed by atoms with van der Waals surface area (Å²) in [5.41, 5.74) is 6.00. The molecule has 0 spiro atoms. The van der Waals surface area contributed by atoms with Gasteiger partial charge >= 0.3 is 0 Å². The molecule has 1 fully saturated rings. The van der Waals surface area contributed by atoms with Crippen LogP contribution < -0.4 is 15.8 Å². The Morgan fingerprint density at radius 3 is 2.46 bits per heavy atom. The van der Waals surface area contributed by atoms with Gasteiger partial charge in [-0.25, -0.2) is 0 Å². The predicted molar refractivity (Wildman–Crippen MR) is 104 cm³/mol. The molecule has 1 aliphatic carbocycles. The molecule has 1 aromatic rings. The number of anilines is 1. The number of nitrogens with one attached hydrogen (secondary N) is 1. The van der Waals surface area contributed by atoms with E-state index in [-0.39, 0.29) is 18.4 Å². The second-order valence-electron chi connectivity index (χ2n) is 6.67. The highest BCUT2D eigenvalue weighted by Crippen LogP contribution is 2.30. The summed E-state index contributed by atoms with van der Waals surface area (Å²) in [5.74, 6) is 0.134. The zero-order valence-corrected chi connectivity index (χ0v) is 16.3. The van der Waals surface area contributed by atoms with Crippen LogP contribution in [0.25, 0.3) is 0 Å². The Balaban J connectivity index is 1.96. The van der Waals surface area contributed by atoms with Gasteiger partial charge in [-0.1, -0.05) is 30.9 Å². The van der Waals surface area contributed by atoms with Crippen LogP contribution in [0.3, 0.4) is 0 Å². The molecule has 0 saturated heterocycles. The average Bonchev–Trinajstić information content (AvgIpc) is 2.62. The van der Waals surface area contributed by atoms with Crippen molar-refractivity contribution in [3.8, 4) is 5.75 Å². The number of nitrogens with two attached hydrogens (primary N) is 1. The number of hydrogen-bond donors (Lipinski definition) is 2. The van der Waals surface area contributed by atoms with E-state index in [1.165, 1.54) is 0 Å². The molecule has 6 nitrogen and oxygen atoms in total. The topological polar surface area (TPSA) is 84.7 Å². The lowest BCUT2D eigenvalue weighted by molar-refractivity contribution is -0.133. The molecule has 0 heterocycles. The van der Waals surface area contributed by atoms with E-state index >= 15 is 0 Å². The summed E-state index contributed by atoms with van der Waals surface area (Å²) >= 11 is 6.23. The average molecular weight is 382 g/mol. The van der Waals surface area contributed by atoms with E-state index in [1.54, 1.807) is 23.1 Å². The van der Waals surface area contributed by atoms with Gasteiger partial charge in [-0.05, 0) is 44.9 Å². The van der Waals surface area contributed by atoms with Crippen molar-refractivity contribution in [2.75, 3.05) is 25.0 Å². The van der Waals surface area contributed by atoms with Gasteiger partial charge in [0.15, 0.2) is 6.61 Å². The Hall–Kier alpha value is -1.79. The van der Waals surface area contributed by atoms with Crippen molar-refractivity contribution < 1.29 is 14.3 Å². The lowest BCUT2D eigenvalue weighted by Gasteiger charge is -2.31. The summed E-state index contributed by atoms with van der Waals surface area (Å²) in [4.78, 5) is 26.2. The Labute approximate surface area is 160 Å². The molecule has 7 heteroatoms. The summed E-state index contributed by atoms with van der Waals surface area (Å²) in [7, 11) is 0. The maximum atomic E-state index is 12.5. The Morgan fingerprint density at radius 1 is 1.23 bits per heavy atom. The van der Waals surface area contributed by atoms with Crippen LogP contribution in [0.2, 0.25) is 5.02 Å². The van der Waals surface area contributed by atoms with Crippen molar-refractivity contribution in [3.05, 3.63) is 23.2 Å². The van der Waals surface area contributed by atoms with Crippen molar-refractivity contribution in [1.29, 1.82) is 0 Å². The minimum Gasteiger partial charge on any atom is -0.482 e. The zero-order valence-electron chi connectivity index (χ0n) is 15.5. The molecule has 0 aliphatic heterocycles. The van der Waals surface area contributed by atoms with E-state index in [1.807, 2.05) is 13.8 Å². The van der Waals surface area contributed by atoms with Gasteiger partial charge in [-0.3, -0.25) is 9.59 Å². The highest BCUT2D eigenvalue weighted by molar-refractivity contribution is 6.32. The first-order chi connectivity index (χ1) is 12.4. The number of likely N-dealkylation sites (N-methyl/N-ethyl adjacent to an activating group) is 1. The molecule has 0 atom stereocenters. The molecule has 144 valence electrons. The van der Waals surface area contributed by atoms with Gasteiger partial charge in [-0.2, -0.15) is 0 Å². The van der Waals surface area contributed by atoms with Crippen molar-refractivity contribution in [1.82, 2.24) is 4.90 Å². The quantitative estimate of drug-likeness (QED) is 0.759. The number of amides is 2. The highest BCUT2D eigenvalue weighted by Gasteiger charge is 2.35. The third kappa shape index (κ3) is 5.11. The molecule has 1 saturated carbocycles. The van der Waals surface area contributed by atoms with Crippen LogP contribution in [0, 0.1) is 0 Å². The Bertz CT molecular complexity index is 641. The zero-order chi connectivity index (χ0) is 19.2. The molecule has 26 heavy (non-hydrogen) atoms. The number of carbonyl (C=O) groups excluding carboxylic acids is 2. The maximum absolute atomic E-state index is 12.5.